The van der Waals surface area contributed by atoms with Crippen LogP contribution in [0.4, 0.5) is 0 Å². The SMILES string of the molecule is CC(C)CC1CCCC(N)(Cc2ccncc2)C1. The topological polar surface area (TPSA) is 38.9 Å². The molecule has 1 saturated carbocycles. The molecule has 0 aromatic carbocycles. The van der Waals surface area contributed by atoms with Crippen molar-refractivity contribution < 1.29 is 0 Å². The normalized spacial score (nSPS) is 28.6. The van der Waals surface area contributed by atoms with Gasteiger partial charge in [-0.15, -0.1) is 0 Å². The fourth-order valence-corrected chi connectivity index (χ4v) is 3.46. The zero-order valence-corrected chi connectivity index (χ0v) is 11.7. The van der Waals surface area contributed by atoms with E-state index in [1.54, 1.807) is 0 Å². The van der Waals surface area contributed by atoms with E-state index < -0.39 is 0 Å². The smallest absolute Gasteiger partial charge is 0.0270 e. The summed E-state index contributed by atoms with van der Waals surface area (Å²) in [5.41, 5.74) is 7.98. The van der Waals surface area contributed by atoms with Gasteiger partial charge in [0.05, 0.1) is 0 Å². The van der Waals surface area contributed by atoms with Crippen LogP contribution < -0.4 is 5.73 Å². The molecular weight excluding hydrogens is 220 g/mol. The third kappa shape index (κ3) is 3.81. The van der Waals surface area contributed by atoms with Crippen molar-refractivity contribution in [2.24, 2.45) is 17.6 Å². The lowest BCUT2D eigenvalue weighted by Crippen LogP contribution is -2.46. The van der Waals surface area contributed by atoms with E-state index in [9.17, 15) is 0 Å². The number of hydrogen-bond acceptors (Lipinski definition) is 2. The van der Waals surface area contributed by atoms with Gasteiger partial charge in [0.1, 0.15) is 0 Å². The molecule has 2 nitrogen and oxygen atoms in total. The first-order valence-electron chi connectivity index (χ1n) is 7.25. The van der Waals surface area contributed by atoms with Crippen LogP contribution in [0.2, 0.25) is 0 Å². The van der Waals surface area contributed by atoms with Crippen molar-refractivity contribution in [3.05, 3.63) is 30.1 Å². The van der Waals surface area contributed by atoms with E-state index in [4.69, 9.17) is 5.73 Å². The van der Waals surface area contributed by atoms with Crippen molar-refractivity contribution in [2.75, 3.05) is 0 Å². The molecule has 0 saturated heterocycles. The van der Waals surface area contributed by atoms with E-state index in [1.165, 1.54) is 37.7 Å². The van der Waals surface area contributed by atoms with E-state index >= 15 is 0 Å². The van der Waals surface area contributed by atoms with Gasteiger partial charge in [0.25, 0.3) is 0 Å². The monoisotopic (exact) mass is 246 g/mol. The van der Waals surface area contributed by atoms with Gasteiger partial charge in [0.15, 0.2) is 0 Å². The second-order valence-corrected chi connectivity index (χ2v) is 6.49. The molecule has 2 N–H and O–H groups in total. The van der Waals surface area contributed by atoms with Gasteiger partial charge >= 0.3 is 0 Å². The summed E-state index contributed by atoms with van der Waals surface area (Å²) in [5.74, 6) is 1.61. The molecule has 2 heteroatoms. The third-order valence-electron chi connectivity index (χ3n) is 4.09. The summed E-state index contributed by atoms with van der Waals surface area (Å²) < 4.78 is 0. The van der Waals surface area contributed by atoms with E-state index in [0.29, 0.717) is 0 Å². The molecule has 2 atom stereocenters. The second-order valence-electron chi connectivity index (χ2n) is 6.49. The molecule has 0 bridgehead atoms. The molecular formula is C16H26N2. The molecule has 0 spiro atoms. The van der Waals surface area contributed by atoms with Crippen LogP contribution in [0, 0.1) is 11.8 Å². The van der Waals surface area contributed by atoms with Crippen LogP contribution in [0.3, 0.4) is 0 Å². The van der Waals surface area contributed by atoms with Gasteiger partial charge < -0.3 is 5.73 Å². The fourth-order valence-electron chi connectivity index (χ4n) is 3.46. The van der Waals surface area contributed by atoms with Crippen LogP contribution in [0.5, 0.6) is 0 Å². The summed E-state index contributed by atoms with van der Waals surface area (Å²) in [4.78, 5) is 4.07. The van der Waals surface area contributed by atoms with E-state index in [0.717, 1.165) is 18.3 Å². The molecule has 0 radical (unpaired) electrons. The van der Waals surface area contributed by atoms with Gasteiger partial charge in [-0.3, -0.25) is 4.98 Å². The van der Waals surface area contributed by atoms with Gasteiger partial charge in [0, 0.05) is 17.9 Å². The van der Waals surface area contributed by atoms with Gasteiger partial charge in [-0.05, 0) is 55.2 Å². The molecule has 1 aromatic rings. The summed E-state index contributed by atoms with van der Waals surface area (Å²) in [5, 5.41) is 0. The standard InChI is InChI=1S/C16H26N2/c1-13(2)10-15-4-3-7-16(17,12-15)11-14-5-8-18-9-6-14/h5-6,8-9,13,15H,3-4,7,10-12,17H2,1-2H3. The van der Waals surface area contributed by atoms with Crippen LogP contribution in [-0.2, 0) is 6.42 Å². The Morgan fingerprint density at radius 2 is 2.11 bits per heavy atom. The van der Waals surface area contributed by atoms with Crippen molar-refractivity contribution in [1.29, 1.82) is 0 Å². The largest absolute Gasteiger partial charge is 0.325 e. The Bertz CT molecular complexity index is 361. The van der Waals surface area contributed by atoms with Gasteiger partial charge in [0.2, 0.25) is 0 Å². The Morgan fingerprint density at radius 1 is 1.39 bits per heavy atom. The average molecular weight is 246 g/mol. The minimum atomic E-state index is 0.0131. The van der Waals surface area contributed by atoms with Crippen LogP contribution in [0.15, 0.2) is 24.5 Å². The maximum absolute atomic E-state index is 6.64. The fraction of sp³-hybridized carbons (Fsp3) is 0.688. The summed E-state index contributed by atoms with van der Waals surface area (Å²) in [6, 6.07) is 4.20. The Hall–Kier alpha value is -0.890. The van der Waals surface area contributed by atoms with Gasteiger partial charge in [-0.25, -0.2) is 0 Å². The number of hydrogen-bond donors (Lipinski definition) is 1. The Labute approximate surface area is 111 Å². The van der Waals surface area contributed by atoms with E-state index in [1.807, 2.05) is 12.4 Å². The number of nitrogens with two attached hydrogens (primary N) is 1. The van der Waals surface area contributed by atoms with Crippen LogP contribution in [0.1, 0.15) is 51.5 Å². The second kappa shape index (κ2) is 5.83. The average Bonchev–Trinajstić information content (AvgIpc) is 2.28. The highest BCUT2D eigenvalue weighted by atomic mass is 14.7. The van der Waals surface area contributed by atoms with Crippen LogP contribution >= 0.6 is 0 Å². The highest BCUT2D eigenvalue weighted by Crippen LogP contribution is 2.36. The summed E-state index contributed by atoms with van der Waals surface area (Å²) >= 11 is 0. The molecule has 0 aliphatic heterocycles. The Kier molecular flexibility index (Phi) is 4.39. The Morgan fingerprint density at radius 3 is 2.78 bits per heavy atom. The lowest BCUT2D eigenvalue weighted by Gasteiger charge is -2.39. The van der Waals surface area contributed by atoms with Crippen molar-refractivity contribution in [3.8, 4) is 0 Å². The van der Waals surface area contributed by atoms with E-state index in [-0.39, 0.29) is 5.54 Å². The van der Waals surface area contributed by atoms with Gasteiger partial charge in [-0.2, -0.15) is 0 Å². The minimum absolute atomic E-state index is 0.0131. The molecule has 1 fully saturated rings. The predicted octanol–water partition coefficient (Wildman–Crippen LogP) is 3.56. The first kappa shape index (κ1) is 13.5. The number of aromatic nitrogens is 1. The maximum Gasteiger partial charge on any atom is 0.0270 e. The quantitative estimate of drug-likeness (QED) is 0.882. The molecule has 1 heterocycles. The molecule has 100 valence electrons. The number of rotatable bonds is 4. The van der Waals surface area contributed by atoms with Crippen molar-refractivity contribution in [3.63, 3.8) is 0 Å². The van der Waals surface area contributed by atoms with Crippen LogP contribution in [0.25, 0.3) is 0 Å². The van der Waals surface area contributed by atoms with Crippen molar-refractivity contribution in [2.45, 2.75) is 57.9 Å². The molecule has 1 aliphatic carbocycles. The summed E-state index contributed by atoms with van der Waals surface area (Å²) in [7, 11) is 0. The lowest BCUT2D eigenvalue weighted by atomic mass is 9.71. The predicted molar refractivity (Wildman–Crippen MR) is 76.3 cm³/mol. The number of pyridine rings is 1. The lowest BCUT2D eigenvalue weighted by molar-refractivity contribution is 0.200. The highest BCUT2D eigenvalue weighted by molar-refractivity contribution is 5.14. The van der Waals surface area contributed by atoms with E-state index in [2.05, 4.69) is 31.0 Å². The van der Waals surface area contributed by atoms with Crippen molar-refractivity contribution >= 4 is 0 Å². The molecule has 18 heavy (non-hydrogen) atoms. The van der Waals surface area contributed by atoms with Crippen LogP contribution in [-0.4, -0.2) is 10.5 Å². The zero-order valence-electron chi connectivity index (χ0n) is 11.7. The van der Waals surface area contributed by atoms with Gasteiger partial charge in [-0.1, -0.05) is 26.7 Å². The maximum atomic E-state index is 6.64. The minimum Gasteiger partial charge on any atom is -0.325 e. The molecule has 0 amide bonds. The highest BCUT2D eigenvalue weighted by Gasteiger charge is 2.32. The molecule has 2 unspecified atom stereocenters. The first-order chi connectivity index (χ1) is 8.57. The number of nitrogens with zero attached hydrogens (tertiary/aromatic N) is 1. The summed E-state index contributed by atoms with van der Waals surface area (Å²) in [6.07, 6.45) is 11.1. The molecule has 1 aliphatic rings. The molecule has 2 rings (SSSR count). The van der Waals surface area contributed by atoms with Crippen molar-refractivity contribution in [1.82, 2.24) is 4.98 Å². The molecule has 1 aromatic heterocycles. The third-order valence-corrected chi connectivity index (χ3v) is 4.09. The zero-order chi connectivity index (χ0) is 13.0. The first-order valence-corrected chi connectivity index (χ1v) is 7.25. The Balaban J connectivity index is 1.97. The summed E-state index contributed by atoms with van der Waals surface area (Å²) in [6.45, 7) is 4.63.